The Hall–Kier alpha value is -2.19. The number of carbonyl (C=O) groups excluding carboxylic acids is 1. The standard InChI is InChI=1S/C15H14N4O2S2/c1-9(22-14-16-6-3-7-17-14)13(20)19-15-18-11-5-4-10(21-2)8-12(11)23-15/h3-9H,1-2H3,(H,18,19,20). The van der Waals surface area contributed by atoms with E-state index in [1.807, 2.05) is 25.1 Å². The summed E-state index contributed by atoms with van der Waals surface area (Å²) in [6.07, 6.45) is 3.31. The molecule has 0 radical (unpaired) electrons. The molecule has 118 valence electrons. The van der Waals surface area contributed by atoms with Crippen LogP contribution in [0.4, 0.5) is 5.13 Å². The maximum atomic E-state index is 12.3. The summed E-state index contributed by atoms with van der Waals surface area (Å²) in [6, 6.07) is 7.36. The third-order valence-corrected chi connectivity index (χ3v) is 4.94. The molecule has 0 saturated heterocycles. The highest BCUT2D eigenvalue weighted by molar-refractivity contribution is 8.00. The molecule has 1 unspecified atom stereocenters. The highest BCUT2D eigenvalue weighted by Gasteiger charge is 2.17. The number of ether oxygens (including phenoxy) is 1. The molecule has 0 aliphatic heterocycles. The number of benzene rings is 1. The summed E-state index contributed by atoms with van der Waals surface area (Å²) in [5.41, 5.74) is 0.831. The van der Waals surface area contributed by atoms with Gasteiger partial charge in [0, 0.05) is 12.4 Å². The van der Waals surface area contributed by atoms with E-state index in [9.17, 15) is 4.79 Å². The van der Waals surface area contributed by atoms with E-state index >= 15 is 0 Å². The lowest BCUT2D eigenvalue weighted by atomic mass is 10.3. The first-order valence-electron chi connectivity index (χ1n) is 6.85. The summed E-state index contributed by atoms with van der Waals surface area (Å²) in [6.45, 7) is 1.81. The average molecular weight is 346 g/mol. The lowest BCUT2D eigenvalue weighted by Crippen LogP contribution is -2.22. The average Bonchev–Trinajstić information content (AvgIpc) is 2.96. The van der Waals surface area contributed by atoms with Crippen molar-refractivity contribution < 1.29 is 9.53 Å². The highest BCUT2D eigenvalue weighted by atomic mass is 32.2. The lowest BCUT2D eigenvalue weighted by Gasteiger charge is -2.08. The van der Waals surface area contributed by atoms with Crippen LogP contribution >= 0.6 is 23.1 Å². The number of rotatable bonds is 5. The van der Waals surface area contributed by atoms with Gasteiger partial charge in [-0.15, -0.1) is 0 Å². The van der Waals surface area contributed by atoms with Gasteiger partial charge in [-0.1, -0.05) is 23.1 Å². The van der Waals surface area contributed by atoms with Crippen molar-refractivity contribution in [2.24, 2.45) is 0 Å². The zero-order chi connectivity index (χ0) is 16.2. The van der Waals surface area contributed by atoms with Crippen LogP contribution in [0.3, 0.4) is 0 Å². The fraction of sp³-hybridized carbons (Fsp3) is 0.200. The van der Waals surface area contributed by atoms with Gasteiger partial charge in [0.2, 0.25) is 5.91 Å². The van der Waals surface area contributed by atoms with Gasteiger partial charge < -0.3 is 10.1 Å². The van der Waals surface area contributed by atoms with Crippen LogP contribution in [-0.2, 0) is 4.79 Å². The van der Waals surface area contributed by atoms with E-state index in [2.05, 4.69) is 20.3 Å². The number of nitrogens with one attached hydrogen (secondary N) is 1. The quantitative estimate of drug-likeness (QED) is 0.565. The van der Waals surface area contributed by atoms with Crippen LogP contribution in [-0.4, -0.2) is 33.2 Å². The van der Waals surface area contributed by atoms with Crippen molar-refractivity contribution >= 4 is 44.4 Å². The monoisotopic (exact) mass is 346 g/mol. The summed E-state index contributed by atoms with van der Waals surface area (Å²) in [4.78, 5) is 24.9. The third-order valence-electron chi connectivity index (χ3n) is 3.02. The van der Waals surface area contributed by atoms with Crippen molar-refractivity contribution in [1.82, 2.24) is 15.0 Å². The van der Waals surface area contributed by atoms with Crippen molar-refractivity contribution in [3.63, 3.8) is 0 Å². The first-order chi connectivity index (χ1) is 11.2. The number of nitrogens with zero attached hydrogens (tertiary/aromatic N) is 3. The predicted octanol–water partition coefficient (Wildman–Crippen LogP) is 3.21. The van der Waals surface area contributed by atoms with Gasteiger partial charge in [0.1, 0.15) is 5.75 Å². The summed E-state index contributed by atoms with van der Waals surface area (Å²) >= 11 is 2.72. The number of methoxy groups -OCH3 is 1. The Balaban J connectivity index is 1.69. The predicted molar refractivity (Wildman–Crippen MR) is 92.2 cm³/mol. The van der Waals surface area contributed by atoms with Crippen molar-refractivity contribution in [3.05, 3.63) is 36.7 Å². The fourth-order valence-electron chi connectivity index (χ4n) is 1.85. The van der Waals surface area contributed by atoms with E-state index < -0.39 is 0 Å². The van der Waals surface area contributed by atoms with Crippen molar-refractivity contribution in [2.75, 3.05) is 12.4 Å². The molecule has 3 rings (SSSR count). The number of thiazole rings is 1. The second-order valence-corrected chi connectivity index (χ2v) is 6.97. The third kappa shape index (κ3) is 3.77. The SMILES string of the molecule is COc1ccc2nc(NC(=O)C(C)Sc3ncccn3)sc2c1. The number of amides is 1. The minimum absolute atomic E-state index is 0.131. The van der Waals surface area contributed by atoms with E-state index in [4.69, 9.17) is 4.74 Å². The molecule has 0 fully saturated rings. The van der Waals surface area contributed by atoms with Crippen LogP contribution in [0.25, 0.3) is 10.2 Å². The Labute approximate surface area is 141 Å². The second kappa shape index (κ2) is 6.93. The molecule has 1 amide bonds. The molecule has 1 N–H and O–H groups in total. The molecule has 2 heterocycles. The molecule has 1 atom stereocenters. The Kier molecular flexibility index (Phi) is 4.73. The molecule has 23 heavy (non-hydrogen) atoms. The van der Waals surface area contributed by atoms with Gasteiger partial charge in [-0.2, -0.15) is 0 Å². The van der Waals surface area contributed by atoms with E-state index in [0.717, 1.165) is 16.0 Å². The number of thioether (sulfide) groups is 1. The van der Waals surface area contributed by atoms with Crippen LogP contribution in [0, 0.1) is 0 Å². The van der Waals surface area contributed by atoms with Gasteiger partial charge in [-0.05, 0) is 31.2 Å². The number of aromatic nitrogens is 3. The first-order valence-corrected chi connectivity index (χ1v) is 8.54. The van der Waals surface area contributed by atoms with Gasteiger partial charge in [-0.25, -0.2) is 15.0 Å². The van der Waals surface area contributed by atoms with Crippen molar-refractivity contribution in [1.29, 1.82) is 0 Å². The van der Waals surface area contributed by atoms with E-state index in [1.54, 1.807) is 25.6 Å². The number of fused-ring (bicyclic) bond motifs is 1. The van der Waals surface area contributed by atoms with E-state index in [-0.39, 0.29) is 11.2 Å². The molecule has 0 saturated carbocycles. The summed E-state index contributed by atoms with van der Waals surface area (Å²) < 4.78 is 6.16. The molecule has 0 spiro atoms. The molecule has 0 bridgehead atoms. The molecule has 0 aliphatic rings. The van der Waals surface area contributed by atoms with E-state index in [0.29, 0.717) is 10.3 Å². The van der Waals surface area contributed by atoms with Gasteiger partial charge in [0.05, 0.1) is 22.6 Å². The van der Waals surface area contributed by atoms with Gasteiger partial charge in [-0.3, -0.25) is 4.79 Å². The molecule has 0 aliphatic carbocycles. The minimum atomic E-state index is -0.320. The van der Waals surface area contributed by atoms with Crippen molar-refractivity contribution in [3.8, 4) is 5.75 Å². The molecular formula is C15H14N4O2S2. The zero-order valence-electron chi connectivity index (χ0n) is 12.5. The number of hydrogen-bond donors (Lipinski definition) is 1. The molecule has 3 aromatic rings. The Morgan fingerprint density at radius 2 is 2.13 bits per heavy atom. The van der Waals surface area contributed by atoms with E-state index in [1.165, 1.54) is 23.1 Å². The normalized spacial score (nSPS) is 12.1. The minimum Gasteiger partial charge on any atom is -0.497 e. The Morgan fingerprint density at radius 3 is 2.87 bits per heavy atom. The second-order valence-electron chi connectivity index (χ2n) is 4.63. The molecular weight excluding hydrogens is 332 g/mol. The summed E-state index contributed by atoms with van der Waals surface area (Å²) in [5.74, 6) is 0.637. The van der Waals surface area contributed by atoms with Crippen LogP contribution in [0.2, 0.25) is 0 Å². The largest absolute Gasteiger partial charge is 0.497 e. The first kappa shape index (κ1) is 15.7. The Bertz CT molecular complexity index is 823. The highest BCUT2D eigenvalue weighted by Crippen LogP contribution is 2.29. The van der Waals surface area contributed by atoms with Crippen LogP contribution in [0.5, 0.6) is 5.75 Å². The van der Waals surface area contributed by atoms with Gasteiger partial charge in [0.15, 0.2) is 10.3 Å². The maximum Gasteiger partial charge on any atom is 0.239 e. The number of carbonyl (C=O) groups is 1. The summed E-state index contributed by atoms with van der Waals surface area (Å²) in [5, 5.41) is 3.66. The molecule has 1 aromatic carbocycles. The molecule has 2 aromatic heterocycles. The van der Waals surface area contributed by atoms with Gasteiger partial charge >= 0.3 is 0 Å². The number of anilines is 1. The summed E-state index contributed by atoms with van der Waals surface area (Å²) in [7, 11) is 1.62. The van der Waals surface area contributed by atoms with Crippen LogP contribution in [0.15, 0.2) is 41.8 Å². The van der Waals surface area contributed by atoms with Gasteiger partial charge in [0.25, 0.3) is 0 Å². The topological polar surface area (TPSA) is 77.0 Å². The fourth-order valence-corrected chi connectivity index (χ4v) is 3.47. The molecule has 8 heteroatoms. The zero-order valence-corrected chi connectivity index (χ0v) is 14.1. The lowest BCUT2D eigenvalue weighted by molar-refractivity contribution is -0.115. The Morgan fingerprint density at radius 1 is 1.35 bits per heavy atom. The molecule has 6 nitrogen and oxygen atoms in total. The maximum absolute atomic E-state index is 12.3. The van der Waals surface area contributed by atoms with Crippen molar-refractivity contribution in [2.45, 2.75) is 17.3 Å². The number of hydrogen-bond acceptors (Lipinski definition) is 7. The smallest absolute Gasteiger partial charge is 0.239 e. The van der Waals surface area contributed by atoms with Crippen LogP contribution in [0.1, 0.15) is 6.92 Å². The van der Waals surface area contributed by atoms with Crippen LogP contribution < -0.4 is 10.1 Å².